The number of rotatable bonds is 5. The summed E-state index contributed by atoms with van der Waals surface area (Å²) in [5, 5.41) is 3.25. The van der Waals surface area contributed by atoms with Crippen molar-refractivity contribution in [2.24, 2.45) is 5.92 Å². The molecule has 118 valence electrons. The van der Waals surface area contributed by atoms with Crippen LogP contribution < -0.4 is 10.1 Å². The molecule has 2 nitrogen and oxygen atoms in total. The van der Waals surface area contributed by atoms with Gasteiger partial charge in [0.2, 0.25) is 0 Å². The molecule has 0 aliphatic heterocycles. The summed E-state index contributed by atoms with van der Waals surface area (Å²) in [6.45, 7) is 6.95. The van der Waals surface area contributed by atoms with Crippen LogP contribution >= 0.6 is 0 Å². The number of benzene rings is 1. The van der Waals surface area contributed by atoms with E-state index in [0.29, 0.717) is 24.6 Å². The highest BCUT2D eigenvalue weighted by molar-refractivity contribution is 5.35. The Morgan fingerprint density at radius 3 is 2.48 bits per heavy atom. The summed E-state index contributed by atoms with van der Waals surface area (Å²) in [4.78, 5) is 0. The van der Waals surface area contributed by atoms with Crippen molar-refractivity contribution < 1.29 is 13.5 Å². The zero-order chi connectivity index (χ0) is 15.5. The monoisotopic (exact) mass is 297 g/mol. The molecule has 0 spiro atoms. The number of ether oxygens (including phenoxy) is 1. The van der Waals surface area contributed by atoms with Crippen LogP contribution in [0.1, 0.15) is 52.0 Å². The molecule has 1 aliphatic carbocycles. The molecule has 21 heavy (non-hydrogen) atoms. The minimum absolute atomic E-state index is 0.120. The molecule has 1 aromatic rings. The molecule has 1 aliphatic rings. The summed E-state index contributed by atoms with van der Waals surface area (Å²) in [6, 6.07) is 2.25. The Bertz CT molecular complexity index is 476. The van der Waals surface area contributed by atoms with Gasteiger partial charge in [-0.2, -0.15) is 0 Å². The molecule has 0 unspecified atom stereocenters. The van der Waals surface area contributed by atoms with Gasteiger partial charge in [0.1, 0.15) is 5.82 Å². The van der Waals surface area contributed by atoms with Gasteiger partial charge >= 0.3 is 0 Å². The second-order valence-electron chi connectivity index (χ2n) is 6.94. The zero-order valence-electron chi connectivity index (χ0n) is 13.1. The molecule has 0 heterocycles. The number of hydrogen-bond donors (Lipinski definition) is 1. The molecule has 0 radical (unpaired) electrons. The number of halogens is 2. The maximum absolute atomic E-state index is 14.0. The molecule has 1 saturated carbocycles. The van der Waals surface area contributed by atoms with E-state index in [1.165, 1.54) is 18.9 Å². The fourth-order valence-electron chi connectivity index (χ4n) is 2.65. The quantitative estimate of drug-likeness (QED) is 0.868. The van der Waals surface area contributed by atoms with Gasteiger partial charge in [-0.05, 0) is 45.6 Å². The lowest BCUT2D eigenvalue weighted by molar-refractivity contribution is 0.238. The molecule has 0 aromatic heterocycles. The van der Waals surface area contributed by atoms with E-state index < -0.39 is 11.6 Å². The van der Waals surface area contributed by atoms with Crippen molar-refractivity contribution in [2.45, 2.75) is 58.5 Å². The van der Waals surface area contributed by atoms with E-state index in [2.05, 4.69) is 5.32 Å². The Balaban J connectivity index is 2.09. The molecule has 0 bridgehead atoms. The molecule has 0 atom stereocenters. The van der Waals surface area contributed by atoms with Gasteiger partial charge < -0.3 is 10.1 Å². The predicted molar refractivity (Wildman–Crippen MR) is 80.4 cm³/mol. The second-order valence-corrected chi connectivity index (χ2v) is 6.94. The van der Waals surface area contributed by atoms with Crippen molar-refractivity contribution >= 4 is 0 Å². The minimum Gasteiger partial charge on any atom is -0.490 e. The predicted octanol–water partition coefficient (Wildman–Crippen LogP) is 4.42. The zero-order valence-corrected chi connectivity index (χ0v) is 13.1. The van der Waals surface area contributed by atoms with Crippen LogP contribution in [0.4, 0.5) is 8.78 Å². The van der Waals surface area contributed by atoms with Crippen LogP contribution in [-0.2, 0) is 6.54 Å². The molecule has 1 N–H and O–H groups in total. The Labute approximate surface area is 125 Å². The van der Waals surface area contributed by atoms with Gasteiger partial charge in [0, 0.05) is 23.7 Å². The lowest BCUT2D eigenvalue weighted by Gasteiger charge is -2.22. The van der Waals surface area contributed by atoms with Crippen molar-refractivity contribution in [3.8, 4) is 5.75 Å². The van der Waals surface area contributed by atoms with E-state index in [4.69, 9.17) is 4.74 Å². The van der Waals surface area contributed by atoms with Gasteiger partial charge in [0.15, 0.2) is 11.6 Å². The molecule has 1 aromatic carbocycles. The van der Waals surface area contributed by atoms with Crippen LogP contribution in [0.3, 0.4) is 0 Å². The average Bonchev–Trinajstić information content (AvgIpc) is 2.87. The first-order valence-corrected chi connectivity index (χ1v) is 7.71. The standard InChI is InChI=1S/C17H25F2NO/c1-17(2,3)20-10-13-8-14(18)9-15(19)16(13)21-11-12-6-4-5-7-12/h8-9,12,20H,4-7,10-11H2,1-3H3. The van der Waals surface area contributed by atoms with Crippen molar-refractivity contribution in [3.63, 3.8) is 0 Å². The summed E-state index contributed by atoms with van der Waals surface area (Å²) in [5.74, 6) is -0.483. The maximum atomic E-state index is 14.0. The van der Waals surface area contributed by atoms with Crippen LogP contribution in [0, 0.1) is 17.6 Å². The minimum atomic E-state index is -0.612. The highest BCUT2D eigenvalue weighted by Crippen LogP contribution is 2.29. The van der Waals surface area contributed by atoms with E-state index >= 15 is 0 Å². The third-order valence-corrected chi connectivity index (χ3v) is 3.83. The molecule has 1 fully saturated rings. The third-order valence-electron chi connectivity index (χ3n) is 3.83. The van der Waals surface area contributed by atoms with Crippen molar-refractivity contribution in [1.82, 2.24) is 5.32 Å². The van der Waals surface area contributed by atoms with Crippen LogP contribution in [-0.4, -0.2) is 12.1 Å². The largest absolute Gasteiger partial charge is 0.490 e. The van der Waals surface area contributed by atoms with Crippen LogP contribution in [0.15, 0.2) is 12.1 Å². The highest BCUT2D eigenvalue weighted by atomic mass is 19.1. The topological polar surface area (TPSA) is 21.3 Å². The molecule has 0 saturated heterocycles. The van der Waals surface area contributed by atoms with E-state index in [1.807, 2.05) is 20.8 Å². The second kappa shape index (κ2) is 6.73. The van der Waals surface area contributed by atoms with Crippen molar-refractivity contribution in [1.29, 1.82) is 0 Å². The highest BCUT2D eigenvalue weighted by Gasteiger charge is 2.19. The fraction of sp³-hybridized carbons (Fsp3) is 0.647. The number of hydrogen-bond acceptors (Lipinski definition) is 2. The van der Waals surface area contributed by atoms with Gasteiger partial charge in [-0.3, -0.25) is 0 Å². The molecule has 2 rings (SSSR count). The van der Waals surface area contributed by atoms with Crippen LogP contribution in [0.5, 0.6) is 5.75 Å². The first-order chi connectivity index (χ1) is 9.85. The normalized spacial score (nSPS) is 16.4. The van der Waals surface area contributed by atoms with Gasteiger partial charge in [0.25, 0.3) is 0 Å². The van der Waals surface area contributed by atoms with E-state index in [9.17, 15) is 8.78 Å². The molecular weight excluding hydrogens is 272 g/mol. The first-order valence-electron chi connectivity index (χ1n) is 7.71. The van der Waals surface area contributed by atoms with E-state index in [-0.39, 0.29) is 11.3 Å². The molecule has 0 amide bonds. The fourth-order valence-corrected chi connectivity index (χ4v) is 2.65. The Kier molecular flexibility index (Phi) is 5.20. The van der Waals surface area contributed by atoms with Crippen molar-refractivity contribution in [3.05, 3.63) is 29.3 Å². The van der Waals surface area contributed by atoms with Crippen LogP contribution in [0.25, 0.3) is 0 Å². The molecule has 4 heteroatoms. The first kappa shape index (κ1) is 16.2. The Morgan fingerprint density at radius 1 is 1.19 bits per heavy atom. The van der Waals surface area contributed by atoms with E-state index in [0.717, 1.165) is 18.9 Å². The van der Waals surface area contributed by atoms with Crippen molar-refractivity contribution in [2.75, 3.05) is 6.61 Å². The maximum Gasteiger partial charge on any atom is 0.168 e. The van der Waals surface area contributed by atoms with E-state index in [1.54, 1.807) is 0 Å². The summed E-state index contributed by atoms with van der Waals surface area (Å²) < 4.78 is 33.1. The SMILES string of the molecule is CC(C)(C)NCc1cc(F)cc(F)c1OCC1CCCC1. The summed E-state index contributed by atoms with van der Waals surface area (Å²) >= 11 is 0. The number of nitrogens with one attached hydrogen (secondary N) is 1. The summed E-state index contributed by atoms with van der Waals surface area (Å²) in [5.41, 5.74) is 0.423. The van der Waals surface area contributed by atoms with Gasteiger partial charge in [-0.25, -0.2) is 8.78 Å². The lowest BCUT2D eigenvalue weighted by atomic mass is 10.1. The smallest absolute Gasteiger partial charge is 0.168 e. The molecular formula is C17H25F2NO. The average molecular weight is 297 g/mol. The summed E-state index contributed by atoms with van der Waals surface area (Å²) in [6.07, 6.45) is 4.72. The summed E-state index contributed by atoms with van der Waals surface area (Å²) in [7, 11) is 0. The van der Waals surface area contributed by atoms with Gasteiger partial charge in [-0.1, -0.05) is 12.8 Å². The Hall–Kier alpha value is -1.16. The van der Waals surface area contributed by atoms with Gasteiger partial charge in [-0.15, -0.1) is 0 Å². The lowest BCUT2D eigenvalue weighted by Crippen LogP contribution is -2.35. The van der Waals surface area contributed by atoms with Gasteiger partial charge in [0.05, 0.1) is 6.61 Å². The third kappa shape index (κ3) is 4.95. The Morgan fingerprint density at radius 2 is 1.86 bits per heavy atom. The van der Waals surface area contributed by atoms with Crippen LogP contribution in [0.2, 0.25) is 0 Å².